The summed E-state index contributed by atoms with van der Waals surface area (Å²) in [6.45, 7) is 7.92. The summed E-state index contributed by atoms with van der Waals surface area (Å²) in [5.41, 5.74) is 5.35. The third-order valence-electron chi connectivity index (χ3n) is 5.64. The zero-order valence-corrected chi connectivity index (χ0v) is 16.7. The van der Waals surface area contributed by atoms with E-state index < -0.39 is 0 Å². The van der Waals surface area contributed by atoms with Crippen LogP contribution in [0.4, 0.5) is 5.82 Å². The monoisotopic (exact) mass is 378 g/mol. The molecule has 6 heteroatoms. The number of furan rings is 1. The van der Waals surface area contributed by atoms with Crippen molar-refractivity contribution in [3.8, 4) is 0 Å². The number of hydrogen-bond donors (Lipinski definition) is 1. The molecule has 3 heterocycles. The van der Waals surface area contributed by atoms with E-state index in [4.69, 9.17) is 4.42 Å². The summed E-state index contributed by atoms with van der Waals surface area (Å²) in [5, 5.41) is 4.27. The molecule has 1 atom stereocenters. The highest BCUT2D eigenvalue weighted by Gasteiger charge is 2.23. The van der Waals surface area contributed by atoms with Gasteiger partial charge in [-0.25, -0.2) is 4.98 Å². The first kappa shape index (κ1) is 18.5. The van der Waals surface area contributed by atoms with E-state index in [-0.39, 0.29) is 11.9 Å². The Kier molecular flexibility index (Phi) is 5.03. The topological polar surface area (TPSA) is 71.3 Å². The number of hydrogen-bond acceptors (Lipinski definition) is 5. The summed E-state index contributed by atoms with van der Waals surface area (Å²) in [7, 11) is 0. The summed E-state index contributed by atoms with van der Waals surface area (Å²) in [6, 6.07) is 2.28. The second kappa shape index (κ2) is 7.62. The van der Waals surface area contributed by atoms with Crippen LogP contribution in [0.3, 0.4) is 0 Å². The second-order valence-corrected chi connectivity index (χ2v) is 7.69. The van der Waals surface area contributed by atoms with Gasteiger partial charge >= 0.3 is 0 Å². The lowest BCUT2D eigenvalue weighted by Gasteiger charge is -2.33. The SMILES string of the molecule is Cc1cc(C)c2c(CC(=O)N[C@@H]3CCCN(c4cnccn4)C3)coc2c1C. The van der Waals surface area contributed by atoms with Crippen molar-refractivity contribution in [2.45, 2.75) is 46.1 Å². The number of nitrogens with one attached hydrogen (secondary N) is 1. The van der Waals surface area contributed by atoms with Crippen molar-refractivity contribution in [1.82, 2.24) is 15.3 Å². The number of piperidine rings is 1. The van der Waals surface area contributed by atoms with Crippen molar-refractivity contribution in [1.29, 1.82) is 0 Å². The quantitative estimate of drug-likeness (QED) is 0.753. The molecule has 1 fully saturated rings. The molecule has 6 nitrogen and oxygen atoms in total. The van der Waals surface area contributed by atoms with E-state index in [9.17, 15) is 4.79 Å². The molecule has 1 aliphatic heterocycles. The van der Waals surface area contributed by atoms with Gasteiger partial charge < -0.3 is 14.6 Å². The molecule has 146 valence electrons. The molecule has 0 spiro atoms. The van der Waals surface area contributed by atoms with Crippen LogP contribution in [-0.2, 0) is 11.2 Å². The molecule has 0 radical (unpaired) electrons. The van der Waals surface area contributed by atoms with Crippen molar-refractivity contribution in [3.63, 3.8) is 0 Å². The fraction of sp³-hybridized carbons (Fsp3) is 0.409. The molecule has 1 amide bonds. The Morgan fingerprint density at radius 1 is 1.29 bits per heavy atom. The van der Waals surface area contributed by atoms with Crippen molar-refractivity contribution < 1.29 is 9.21 Å². The molecular weight excluding hydrogens is 352 g/mol. The van der Waals surface area contributed by atoms with Gasteiger partial charge in [-0.3, -0.25) is 9.78 Å². The first-order chi connectivity index (χ1) is 13.5. The van der Waals surface area contributed by atoms with E-state index in [1.165, 1.54) is 5.56 Å². The van der Waals surface area contributed by atoms with Gasteiger partial charge in [0.25, 0.3) is 0 Å². The number of aryl methyl sites for hydroxylation is 3. The second-order valence-electron chi connectivity index (χ2n) is 7.69. The summed E-state index contributed by atoms with van der Waals surface area (Å²) in [4.78, 5) is 23.4. The van der Waals surface area contributed by atoms with Crippen LogP contribution in [0, 0.1) is 20.8 Å². The van der Waals surface area contributed by atoms with Gasteiger partial charge in [0.1, 0.15) is 11.4 Å². The molecule has 3 aromatic rings. The van der Waals surface area contributed by atoms with Gasteiger partial charge in [-0.15, -0.1) is 0 Å². The molecule has 2 aromatic heterocycles. The van der Waals surface area contributed by atoms with Gasteiger partial charge in [0.05, 0.1) is 18.9 Å². The molecule has 0 saturated carbocycles. The number of benzene rings is 1. The van der Waals surface area contributed by atoms with Gasteiger partial charge in [0.15, 0.2) is 0 Å². The number of anilines is 1. The first-order valence-electron chi connectivity index (χ1n) is 9.80. The number of carbonyl (C=O) groups excluding carboxylic acids is 1. The minimum atomic E-state index is 0.0336. The van der Waals surface area contributed by atoms with Crippen LogP contribution in [-0.4, -0.2) is 35.0 Å². The van der Waals surface area contributed by atoms with Crippen LogP contribution < -0.4 is 10.2 Å². The number of rotatable bonds is 4. The van der Waals surface area contributed by atoms with E-state index >= 15 is 0 Å². The smallest absolute Gasteiger partial charge is 0.224 e. The van der Waals surface area contributed by atoms with E-state index in [0.717, 1.165) is 59.4 Å². The largest absolute Gasteiger partial charge is 0.464 e. The van der Waals surface area contributed by atoms with E-state index in [2.05, 4.69) is 47.0 Å². The Morgan fingerprint density at radius 3 is 2.93 bits per heavy atom. The van der Waals surface area contributed by atoms with Crippen LogP contribution >= 0.6 is 0 Å². The zero-order chi connectivity index (χ0) is 19.7. The average Bonchev–Trinajstić information content (AvgIpc) is 3.11. The number of amides is 1. The Hall–Kier alpha value is -2.89. The fourth-order valence-electron chi connectivity index (χ4n) is 4.13. The number of fused-ring (bicyclic) bond motifs is 1. The highest BCUT2D eigenvalue weighted by Crippen LogP contribution is 2.30. The van der Waals surface area contributed by atoms with Crippen LogP contribution in [0.2, 0.25) is 0 Å². The predicted molar refractivity (Wildman–Crippen MR) is 110 cm³/mol. The van der Waals surface area contributed by atoms with Crippen molar-refractivity contribution >= 4 is 22.7 Å². The predicted octanol–water partition coefficient (Wildman–Crippen LogP) is 3.48. The molecule has 4 rings (SSSR count). The molecule has 1 N–H and O–H groups in total. The van der Waals surface area contributed by atoms with Crippen molar-refractivity contribution in [3.05, 3.63) is 53.2 Å². The van der Waals surface area contributed by atoms with Gasteiger partial charge in [0, 0.05) is 42.5 Å². The standard InChI is InChI=1S/C22H26N4O2/c1-14-9-15(2)21-17(13-28-22(21)16(14)3)10-20(27)25-18-5-4-8-26(12-18)19-11-23-6-7-24-19/h6-7,9,11,13,18H,4-5,8,10,12H2,1-3H3,(H,25,27)/t18-/m1/s1. The molecule has 1 saturated heterocycles. The lowest BCUT2D eigenvalue weighted by atomic mass is 9.98. The molecule has 0 unspecified atom stereocenters. The highest BCUT2D eigenvalue weighted by atomic mass is 16.3. The summed E-state index contributed by atoms with van der Waals surface area (Å²) >= 11 is 0. The minimum Gasteiger partial charge on any atom is -0.464 e. The van der Waals surface area contributed by atoms with Gasteiger partial charge in [-0.1, -0.05) is 6.07 Å². The molecule has 1 aliphatic rings. The van der Waals surface area contributed by atoms with Crippen LogP contribution in [0.25, 0.3) is 11.0 Å². The van der Waals surface area contributed by atoms with Crippen LogP contribution in [0.1, 0.15) is 35.1 Å². The van der Waals surface area contributed by atoms with Crippen LogP contribution in [0.5, 0.6) is 0 Å². The number of carbonyl (C=O) groups is 1. The Bertz CT molecular complexity index is 997. The first-order valence-corrected chi connectivity index (χ1v) is 9.80. The van der Waals surface area contributed by atoms with E-state index in [0.29, 0.717) is 6.42 Å². The number of aromatic nitrogens is 2. The summed E-state index contributed by atoms with van der Waals surface area (Å²) in [6.07, 6.45) is 9.21. The normalized spacial score (nSPS) is 17.1. The van der Waals surface area contributed by atoms with Gasteiger partial charge in [-0.05, 0) is 50.3 Å². The maximum absolute atomic E-state index is 12.7. The molecule has 1 aromatic carbocycles. The van der Waals surface area contributed by atoms with E-state index in [1.54, 1.807) is 24.9 Å². The highest BCUT2D eigenvalue weighted by molar-refractivity contribution is 5.92. The van der Waals surface area contributed by atoms with E-state index in [1.807, 2.05) is 0 Å². The lowest BCUT2D eigenvalue weighted by molar-refractivity contribution is -0.121. The fourth-order valence-corrected chi connectivity index (χ4v) is 4.13. The Balaban J connectivity index is 1.45. The third kappa shape index (κ3) is 3.59. The number of nitrogens with zero attached hydrogens (tertiary/aromatic N) is 3. The Labute approximate surface area is 165 Å². The molecule has 28 heavy (non-hydrogen) atoms. The summed E-state index contributed by atoms with van der Waals surface area (Å²) in [5.74, 6) is 0.898. The van der Waals surface area contributed by atoms with Crippen LogP contribution in [0.15, 0.2) is 35.3 Å². The summed E-state index contributed by atoms with van der Waals surface area (Å²) < 4.78 is 5.80. The van der Waals surface area contributed by atoms with Gasteiger partial charge in [0.2, 0.25) is 5.91 Å². The lowest BCUT2D eigenvalue weighted by Crippen LogP contribution is -2.48. The van der Waals surface area contributed by atoms with Gasteiger partial charge in [-0.2, -0.15) is 0 Å². The average molecular weight is 378 g/mol. The zero-order valence-electron chi connectivity index (χ0n) is 16.7. The Morgan fingerprint density at radius 2 is 2.14 bits per heavy atom. The van der Waals surface area contributed by atoms with Crippen molar-refractivity contribution in [2.24, 2.45) is 0 Å². The maximum Gasteiger partial charge on any atom is 0.224 e. The minimum absolute atomic E-state index is 0.0336. The molecule has 0 aliphatic carbocycles. The van der Waals surface area contributed by atoms with Crippen molar-refractivity contribution in [2.75, 3.05) is 18.0 Å². The maximum atomic E-state index is 12.7. The molecular formula is C22H26N4O2. The molecule has 0 bridgehead atoms. The third-order valence-corrected chi connectivity index (χ3v) is 5.64.